The third kappa shape index (κ3) is 5.94. The number of nitrogens with one attached hydrogen (secondary N) is 3. The minimum atomic E-state index is -0.951. The number of hydrogen-bond donors (Lipinski definition) is 3. The maximum atomic E-state index is 13.0. The van der Waals surface area contributed by atoms with E-state index in [1.165, 1.54) is 0 Å². The molecule has 2 aromatic rings. The third-order valence-electron chi connectivity index (χ3n) is 5.81. The van der Waals surface area contributed by atoms with Crippen LogP contribution in [0.1, 0.15) is 28.9 Å². The molecule has 1 aliphatic carbocycles. The monoisotopic (exact) mass is 504 g/mol. The van der Waals surface area contributed by atoms with Gasteiger partial charge in [0.05, 0.1) is 15.8 Å². The number of anilines is 2. The van der Waals surface area contributed by atoms with E-state index in [0.29, 0.717) is 33.7 Å². The van der Waals surface area contributed by atoms with Gasteiger partial charge in [-0.1, -0.05) is 18.0 Å². The normalized spacial score (nSPS) is 17.0. The molecule has 0 bridgehead atoms. The predicted octanol–water partition coefficient (Wildman–Crippen LogP) is 2.42. The Balaban J connectivity index is 1.39. The van der Waals surface area contributed by atoms with Gasteiger partial charge in [0.25, 0.3) is 11.8 Å². The van der Waals surface area contributed by atoms with Crippen LogP contribution in [0.15, 0.2) is 36.4 Å². The maximum Gasteiger partial charge on any atom is 0.261 e. The highest BCUT2D eigenvalue weighted by Gasteiger charge is 2.30. The van der Waals surface area contributed by atoms with Crippen molar-refractivity contribution in [1.82, 2.24) is 10.6 Å². The number of rotatable bonds is 8. The lowest BCUT2D eigenvalue weighted by molar-refractivity contribution is -0.131. The molecule has 0 spiro atoms. The average molecular weight is 505 g/mol. The van der Waals surface area contributed by atoms with Gasteiger partial charge in [-0.2, -0.15) is 0 Å². The van der Waals surface area contributed by atoms with Gasteiger partial charge in [-0.05, 0) is 49.2 Å². The summed E-state index contributed by atoms with van der Waals surface area (Å²) in [4.78, 5) is 51.9. The molecule has 2 aliphatic rings. The summed E-state index contributed by atoms with van der Waals surface area (Å²) in [6, 6.07) is 9.13. The van der Waals surface area contributed by atoms with Crippen LogP contribution in [0.4, 0.5) is 11.4 Å². The lowest BCUT2D eigenvalue weighted by Gasteiger charge is -2.27. The number of benzene rings is 1. The van der Waals surface area contributed by atoms with Gasteiger partial charge in [0.2, 0.25) is 11.8 Å². The molecule has 1 saturated carbocycles. The molecule has 2 heterocycles. The number of carbonyl (C=O) groups is 4. The lowest BCUT2D eigenvalue weighted by Crippen LogP contribution is -2.52. The van der Waals surface area contributed by atoms with Crippen molar-refractivity contribution in [2.45, 2.75) is 25.3 Å². The number of ether oxygens (including phenoxy) is 1. The number of thiophene rings is 1. The first kappa shape index (κ1) is 24.2. The molecule has 0 radical (unpaired) electrons. The van der Waals surface area contributed by atoms with E-state index in [1.807, 2.05) is 0 Å². The van der Waals surface area contributed by atoms with Crippen LogP contribution in [0.2, 0.25) is 4.34 Å². The van der Waals surface area contributed by atoms with Crippen LogP contribution in [0.3, 0.4) is 0 Å². The van der Waals surface area contributed by atoms with E-state index in [0.717, 1.165) is 30.6 Å². The smallest absolute Gasteiger partial charge is 0.261 e. The van der Waals surface area contributed by atoms with Crippen LogP contribution in [-0.2, 0) is 19.1 Å². The zero-order chi connectivity index (χ0) is 24.1. The maximum absolute atomic E-state index is 13.0. The number of nitrogens with zero attached hydrogens (tertiary/aromatic N) is 1. The quantitative estimate of drug-likeness (QED) is 0.510. The van der Waals surface area contributed by atoms with Crippen molar-refractivity contribution < 1.29 is 23.9 Å². The molecular weight excluding hydrogens is 480 g/mol. The van der Waals surface area contributed by atoms with Crippen molar-refractivity contribution in [3.05, 3.63) is 45.6 Å². The van der Waals surface area contributed by atoms with E-state index in [4.69, 9.17) is 16.3 Å². The SMILES string of the molecule is O=C(NC[C@@H](NC(=O)C1CCC1)C(=O)Nc1ccc(N2CCOCC2=O)cc1)c1ccc(Cl)s1. The number of amides is 4. The molecule has 34 heavy (non-hydrogen) atoms. The fourth-order valence-electron chi connectivity index (χ4n) is 3.63. The summed E-state index contributed by atoms with van der Waals surface area (Å²) >= 11 is 7.03. The van der Waals surface area contributed by atoms with Gasteiger partial charge in [0.15, 0.2) is 0 Å². The minimum Gasteiger partial charge on any atom is -0.370 e. The van der Waals surface area contributed by atoms with E-state index in [2.05, 4.69) is 16.0 Å². The Morgan fingerprint density at radius 1 is 1.15 bits per heavy atom. The Morgan fingerprint density at radius 2 is 1.91 bits per heavy atom. The topological polar surface area (TPSA) is 117 Å². The molecule has 1 saturated heterocycles. The van der Waals surface area contributed by atoms with Crippen molar-refractivity contribution in [3.8, 4) is 0 Å². The van der Waals surface area contributed by atoms with Crippen LogP contribution < -0.4 is 20.9 Å². The van der Waals surface area contributed by atoms with Gasteiger partial charge in [-0.15, -0.1) is 11.3 Å². The molecule has 1 aromatic heterocycles. The summed E-state index contributed by atoms with van der Waals surface area (Å²) in [6.45, 7) is 0.911. The second-order valence-electron chi connectivity index (χ2n) is 8.14. The van der Waals surface area contributed by atoms with Crippen LogP contribution in [0, 0.1) is 5.92 Å². The Bertz CT molecular complexity index is 1070. The van der Waals surface area contributed by atoms with Gasteiger partial charge in [0, 0.05) is 30.4 Å². The fraction of sp³-hybridized carbons (Fsp3) is 0.391. The van der Waals surface area contributed by atoms with Gasteiger partial charge >= 0.3 is 0 Å². The Kier molecular flexibility index (Phi) is 7.81. The summed E-state index contributed by atoms with van der Waals surface area (Å²) < 4.78 is 5.63. The fourth-order valence-corrected chi connectivity index (χ4v) is 4.59. The minimum absolute atomic E-state index is 0.0459. The Labute approximate surface area is 205 Å². The highest BCUT2D eigenvalue weighted by atomic mass is 35.5. The van der Waals surface area contributed by atoms with Gasteiger partial charge in [0.1, 0.15) is 12.6 Å². The molecule has 4 rings (SSSR count). The lowest BCUT2D eigenvalue weighted by atomic mass is 9.84. The second-order valence-corrected chi connectivity index (χ2v) is 9.85. The van der Waals surface area contributed by atoms with E-state index < -0.39 is 11.9 Å². The third-order valence-corrected chi connectivity index (χ3v) is 7.03. The predicted molar refractivity (Wildman–Crippen MR) is 129 cm³/mol. The van der Waals surface area contributed by atoms with E-state index >= 15 is 0 Å². The summed E-state index contributed by atoms with van der Waals surface area (Å²) in [5.41, 5.74) is 1.22. The van der Waals surface area contributed by atoms with Crippen molar-refractivity contribution >= 4 is 57.9 Å². The number of carbonyl (C=O) groups excluding carboxylic acids is 4. The molecule has 1 aliphatic heterocycles. The van der Waals surface area contributed by atoms with E-state index in [9.17, 15) is 19.2 Å². The zero-order valence-corrected chi connectivity index (χ0v) is 19.9. The van der Waals surface area contributed by atoms with Gasteiger partial charge in [-0.3, -0.25) is 19.2 Å². The first-order valence-corrected chi connectivity index (χ1v) is 12.2. The standard InChI is InChI=1S/C23H25ClN4O5S/c24-19-9-8-18(34-19)23(32)25-12-17(27-21(30)14-2-1-3-14)22(31)26-15-4-6-16(7-5-15)28-10-11-33-13-20(28)29/h4-9,14,17H,1-3,10-13H2,(H,25,32)(H,26,31)(H,27,30)/t17-/m1/s1. The summed E-state index contributed by atoms with van der Waals surface area (Å²) in [5, 5.41) is 8.24. The first-order chi connectivity index (χ1) is 16.4. The first-order valence-electron chi connectivity index (χ1n) is 11.0. The molecule has 1 atom stereocenters. The van der Waals surface area contributed by atoms with Crippen molar-refractivity contribution in [2.75, 3.05) is 36.5 Å². The molecule has 9 nitrogen and oxygen atoms in total. The van der Waals surface area contributed by atoms with Crippen LogP contribution in [-0.4, -0.2) is 56.0 Å². The Morgan fingerprint density at radius 3 is 2.53 bits per heavy atom. The zero-order valence-electron chi connectivity index (χ0n) is 18.3. The molecular formula is C23H25ClN4O5S. The molecule has 2 fully saturated rings. The number of halogens is 1. The molecule has 180 valence electrons. The second kappa shape index (κ2) is 11.0. The number of morpholine rings is 1. The van der Waals surface area contributed by atoms with Crippen molar-refractivity contribution in [3.63, 3.8) is 0 Å². The Hall–Kier alpha value is -2.95. The summed E-state index contributed by atoms with van der Waals surface area (Å²) in [7, 11) is 0. The number of hydrogen-bond acceptors (Lipinski definition) is 6. The highest BCUT2D eigenvalue weighted by Crippen LogP contribution is 2.26. The van der Waals surface area contributed by atoms with E-state index in [-0.39, 0.29) is 36.8 Å². The molecule has 1 aromatic carbocycles. The van der Waals surface area contributed by atoms with Crippen LogP contribution in [0.5, 0.6) is 0 Å². The van der Waals surface area contributed by atoms with Gasteiger partial charge < -0.3 is 25.6 Å². The summed E-state index contributed by atoms with van der Waals surface area (Å²) in [5.74, 6) is -1.24. The van der Waals surface area contributed by atoms with E-state index in [1.54, 1.807) is 41.3 Å². The van der Waals surface area contributed by atoms with Crippen molar-refractivity contribution in [1.29, 1.82) is 0 Å². The molecule has 4 amide bonds. The molecule has 0 unspecified atom stereocenters. The molecule has 11 heteroatoms. The molecule has 3 N–H and O–H groups in total. The van der Waals surface area contributed by atoms with Gasteiger partial charge in [-0.25, -0.2) is 0 Å². The summed E-state index contributed by atoms with van der Waals surface area (Å²) in [6.07, 6.45) is 2.58. The average Bonchev–Trinajstić information content (AvgIpc) is 3.22. The largest absolute Gasteiger partial charge is 0.370 e. The van der Waals surface area contributed by atoms with Crippen LogP contribution >= 0.6 is 22.9 Å². The highest BCUT2D eigenvalue weighted by molar-refractivity contribution is 7.18. The van der Waals surface area contributed by atoms with Crippen LogP contribution in [0.25, 0.3) is 0 Å². The van der Waals surface area contributed by atoms with Crippen molar-refractivity contribution in [2.24, 2.45) is 5.92 Å².